The molecule has 0 spiro atoms. The monoisotopic (exact) mass is 891 g/mol. The van der Waals surface area contributed by atoms with Crippen molar-refractivity contribution in [2.24, 2.45) is 11.8 Å². The van der Waals surface area contributed by atoms with Crippen LogP contribution in [0.1, 0.15) is 317 Å². The van der Waals surface area contributed by atoms with Crippen LogP contribution < -0.4 is 0 Å². The Bertz CT molecular complexity index is 962. The number of ether oxygens (including phenoxy) is 3. The van der Waals surface area contributed by atoms with E-state index in [-0.39, 0.29) is 31.1 Å². The van der Waals surface area contributed by atoms with E-state index >= 15 is 0 Å². The third-order valence-electron chi connectivity index (χ3n) is 13.0. The molecule has 0 rings (SSSR count). The number of esters is 3. The molecule has 1 atom stereocenters. The second kappa shape index (κ2) is 49.8. The van der Waals surface area contributed by atoms with Crippen molar-refractivity contribution in [2.45, 2.75) is 323 Å². The SMILES string of the molecule is CCCCCCCCCCCCCCCCCCCCC(=O)OC[C@@H](COC(=O)CCCCCCCCCCCC(C)C)OC(=O)CCCCCCCCCCCCCCC(C)C. The van der Waals surface area contributed by atoms with Crippen molar-refractivity contribution >= 4 is 17.9 Å². The summed E-state index contributed by atoms with van der Waals surface area (Å²) in [5.41, 5.74) is 0. The Balaban J connectivity index is 4.28. The van der Waals surface area contributed by atoms with E-state index in [1.54, 1.807) is 0 Å². The Labute approximate surface area is 393 Å². The maximum absolute atomic E-state index is 12.8. The molecule has 0 aromatic carbocycles. The minimum atomic E-state index is -0.763. The number of rotatable bonds is 51. The van der Waals surface area contributed by atoms with E-state index in [0.29, 0.717) is 19.3 Å². The Morgan fingerprint density at radius 1 is 0.302 bits per heavy atom. The minimum Gasteiger partial charge on any atom is -0.462 e. The molecule has 0 N–H and O–H groups in total. The first-order chi connectivity index (χ1) is 30.7. The summed E-state index contributed by atoms with van der Waals surface area (Å²) in [6.07, 6.45) is 52.4. The van der Waals surface area contributed by atoms with Gasteiger partial charge < -0.3 is 14.2 Å². The fourth-order valence-electron chi connectivity index (χ4n) is 8.70. The molecule has 0 amide bonds. The van der Waals surface area contributed by atoms with E-state index in [9.17, 15) is 14.4 Å². The number of unbranched alkanes of at least 4 members (excludes halogenated alkanes) is 36. The number of hydrogen-bond acceptors (Lipinski definition) is 6. The third kappa shape index (κ3) is 51.3. The molecule has 374 valence electrons. The number of carbonyl (C=O) groups is 3. The molecular weight excluding hydrogens is 781 g/mol. The third-order valence-corrected chi connectivity index (χ3v) is 13.0. The number of hydrogen-bond donors (Lipinski definition) is 0. The fourth-order valence-corrected chi connectivity index (χ4v) is 8.70. The first kappa shape index (κ1) is 61.4. The Morgan fingerprint density at radius 2 is 0.524 bits per heavy atom. The summed E-state index contributed by atoms with van der Waals surface area (Å²) < 4.78 is 16.9. The highest BCUT2D eigenvalue weighted by molar-refractivity contribution is 5.71. The van der Waals surface area contributed by atoms with Crippen LogP contribution in [0.5, 0.6) is 0 Å². The van der Waals surface area contributed by atoms with Gasteiger partial charge in [0, 0.05) is 19.3 Å². The smallest absolute Gasteiger partial charge is 0.306 e. The zero-order valence-corrected chi connectivity index (χ0v) is 43.2. The van der Waals surface area contributed by atoms with Crippen LogP contribution in [0.25, 0.3) is 0 Å². The predicted octanol–water partition coefficient (Wildman–Crippen LogP) is 18.5. The molecule has 0 bridgehead atoms. The minimum absolute atomic E-state index is 0.0632. The van der Waals surface area contributed by atoms with Crippen molar-refractivity contribution in [2.75, 3.05) is 13.2 Å². The van der Waals surface area contributed by atoms with Crippen molar-refractivity contribution in [1.29, 1.82) is 0 Å². The fraction of sp³-hybridized carbons (Fsp3) is 0.947. The predicted molar refractivity (Wildman–Crippen MR) is 270 cm³/mol. The van der Waals surface area contributed by atoms with Crippen LogP contribution in [0.2, 0.25) is 0 Å². The lowest BCUT2D eigenvalue weighted by atomic mass is 10.0. The lowest BCUT2D eigenvalue weighted by Gasteiger charge is -2.18. The van der Waals surface area contributed by atoms with Gasteiger partial charge in [-0.25, -0.2) is 0 Å². The Morgan fingerprint density at radius 3 is 0.778 bits per heavy atom. The van der Waals surface area contributed by atoms with Crippen LogP contribution in [0.4, 0.5) is 0 Å². The molecule has 0 saturated carbocycles. The van der Waals surface area contributed by atoms with Crippen LogP contribution in [-0.4, -0.2) is 37.2 Å². The number of carbonyl (C=O) groups excluding carboxylic acids is 3. The van der Waals surface area contributed by atoms with Gasteiger partial charge in [0.15, 0.2) is 6.10 Å². The first-order valence-electron chi connectivity index (χ1n) is 28.2. The lowest BCUT2D eigenvalue weighted by molar-refractivity contribution is -0.167. The summed E-state index contributed by atoms with van der Waals surface area (Å²) in [6, 6.07) is 0. The van der Waals surface area contributed by atoms with Crippen molar-refractivity contribution in [3.05, 3.63) is 0 Å². The van der Waals surface area contributed by atoms with Gasteiger partial charge in [-0.1, -0.05) is 279 Å². The van der Waals surface area contributed by atoms with Gasteiger partial charge in [0.2, 0.25) is 0 Å². The van der Waals surface area contributed by atoms with Gasteiger partial charge >= 0.3 is 17.9 Å². The summed E-state index contributed by atoms with van der Waals surface area (Å²) in [5, 5.41) is 0. The van der Waals surface area contributed by atoms with Crippen molar-refractivity contribution < 1.29 is 28.6 Å². The average Bonchev–Trinajstić information content (AvgIpc) is 3.25. The maximum atomic E-state index is 12.8. The van der Waals surface area contributed by atoms with Crippen LogP contribution in [-0.2, 0) is 28.6 Å². The second-order valence-corrected chi connectivity index (χ2v) is 20.5. The highest BCUT2D eigenvalue weighted by atomic mass is 16.6. The first-order valence-corrected chi connectivity index (χ1v) is 28.2. The molecule has 0 aromatic rings. The molecule has 0 saturated heterocycles. The lowest BCUT2D eigenvalue weighted by Crippen LogP contribution is -2.30. The quantitative estimate of drug-likeness (QED) is 0.0344. The molecule has 0 fully saturated rings. The van der Waals surface area contributed by atoms with E-state index in [1.807, 2.05) is 0 Å². The topological polar surface area (TPSA) is 78.9 Å². The summed E-state index contributed by atoms with van der Waals surface area (Å²) in [7, 11) is 0. The van der Waals surface area contributed by atoms with Crippen LogP contribution in [0.3, 0.4) is 0 Å². The Kier molecular flexibility index (Phi) is 48.6. The summed E-state index contributed by atoms with van der Waals surface area (Å²) in [5.74, 6) is 0.797. The molecule has 0 aromatic heterocycles. The van der Waals surface area contributed by atoms with Gasteiger partial charge in [0.25, 0.3) is 0 Å². The zero-order chi connectivity index (χ0) is 46.1. The summed E-state index contributed by atoms with van der Waals surface area (Å²) in [4.78, 5) is 38.1. The molecule has 6 nitrogen and oxygen atoms in total. The molecule has 0 heterocycles. The van der Waals surface area contributed by atoms with Crippen LogP contribution in [0, 0.1) is 11.8 Å². The van der Waals surface area contributed by atoms with E-state index in [0.717, 1.165) is 69.6 Å². The van der Waals surface area contributed by atoms with Gasteiger partial charge in [-0.2, -0.15) is 0 Å². The summed E-state index contributed by atoms with van der Waals surface area (Å²) >= 11 is 0. The van der Waals surface area contributed by atoms with Crippen molar-refractivity contribution in [3.8, 4) is 0 Å². The van der Waals surface area contributed by atoms with Gasteiger partial charge in [0.1, 0.15) is 13.2 Å². The van der Waals surface area contributed by atoms with E-state index in [2.05, 4.69) is 34.6 Å². The molecule has 0 aliphatic rings. The van der Waals surface area contributed by atoms with Crippen LogP contribution >= 0.6 is 0 Å². The van der Waals surface area contributed by atoms with Gasteiger partial charge in [0.05, 0.1) is 0 Å². The molecule has 0 aliphatic carbocycles. The average molecular weight is 892 g/mol. The molecule has 0 unspecified atom stereocenters. The zero-order valence-electron chi connectivity index (χ0n) is 43.2. The second-order valence-electron chi connectivity index (χ2n) is 20.5. The van der Waals surface area contributed by atoms with Crippen molar-refractivity contribution in [1.82, 2.24) is 0 Å². The van der Waals surface area contributed by atoms with E-state index < -0.39 is 6.10 Å². The van der Waals surface area contributed by atoms with E-state index in [4.69, 9.17) is 14.2 Å². The van der Waals surface area contributed by atoms with Gasteiger partial charge in [-0.15, -0.1) is 0 Å². The molecule has 0 aliphatic heterocycles. The normalized spacial score (nSPS) is 12.0. The standard InChI is InChI=1S/C57H110O6/c1-6-7-8-9-10-11-12-13-14-15-16-17-18-22-27-32-37-42-47-55(58)61-50-54(51-62-56(59)48-43-38-33-29-24-26-31-36-41-46-53(4)5)63-57(60)49-44-39-34-28-23-20-19-21-25-30-35-40-45-52(2)3/h52-54H,6-51H2,1-5H3/t54-/m0/s1. The molecular formula is C57H110O6. The van der Waals surface area contributed by atoms with E-state index in [1.165, 1.54) is 205 Å². The van der Waals surface area contributed by atoms with Gasteiger partial charge in [-0.05, 0) is 31.1 Å². The largest absolute Gasteiger partial charge is 0.462 e. The highest BCUT2D eigenvalue weighted by Crippen LogP contribution is 2.18. The van der Waals surface area contributed by atoms with Crippen molar-refractivity contribution in [3.63, 3.8) is 0 Å². The molecule has 6 heteroatoms. The molecule has 0 radical (unpaired) electrons. The maximum Gasteiger partial charge on any atom is 0.306 e. The van der Waals surface area contributed by atoms with Gasteiger partial charge in [-0.3, -0.25) is 14.4 Å². The van der Waals surface area contributed by atoms with Crippen LogP contribution in [0.15, 0.2) is 0 Å². The molecule has 63 heavy (non-hydrogen) atoms. The highest BCUT2D eigenvalue weighted by Gasteiger charge is 2.19. The Hall–Kier alpha value is -1.59. The summed E-state index contributed by atoms with van der Waals surface area (Å²) in [6.45, 7) is 11.4.